The van der Waals surface area contributed by atoms with Crippen LogP contribution in [0.3, 0.4) is 0 Å². The first-order chi connectivity index (χ1) is 12.4. The van der Waals surface area contributed by atoms with Crippen LogP contribution in [0.4, 0.5) is 4.79 Å². The number of aliphatic hydroxyl groups excluding tert-OH is 1. The summed E-state index contributed by atoms with van der Waals surface area (Å²) in [5.74, 6) is 2.71. The van der Waals surface area contributed by atoms with Crippen LogP contribution in [0.25, 0.3) is 0 Å². The van der Waals surface area contributed by atoms with E-state index in [9.17, 15) is 9.90 Å². The molecule has 142 valence electrons. The molecule has 0 saturated heterocycles. The largest absolute Gasteiger partial charge is 0.493 e. The molecule has 2 amide bonds. The van der Waals surface area contributed by atoms with Crippen molar-refractivity contribution in [3.8, 4) is 11.5 Å². The van der Waals surface area contributed by atoms with Gasteiger partial charge in [-0.25, -0.2) is 4.79 Å². The number of hydrogen-bond acceptors (Lipinski definition) is 5. The van der Waals surface area contributed by atoms with Gasteiger partial charge in [-0.3, -0.25) is 0 Å². The fourth-order valence-electron chi connectivity index (χ4n) is 2.69. The summed E-state index contributed by atoms with van der Waals surface area (Å²) in [5.41, 5.74) is 1.65. The minimum absolute atomic E-state index is 0.299. The van der Waals surface area contributed by atoms with Gasteiger partial charge in [-0.15, -0.1) is 0 Å². The summed E-state index contributed by atoms with van der Waals surface area (Å²) in [6, 6.07) is 6.98. The van der Waals surface area contributed by atoms with Gasteiger partial charge in [0.15, 0.2) is 11.5 Å². The van der Waals surface area contributed by atoms with Gasteiger partial charge >= 0.3 is 6.03 Å². The quantitative estimate of drug-likeness (QED) is 0.671. The number of ether oxygens (including phenoxy) is 2. The number of carbonyl (C=O) groups excluding carboxylic acids is 1. The maximum atomic E-state index is 11.9. The van der Waals surface area contributed by atoms with Crippen LogP contribution in [0.15, 0.2) is 28.7 Å². The molecule has 3 N–H and O–H groups in total. The van der Waals surface area contributed by atoms with Gasteiger partial charge in [-0.2, -0.15) is 0 Å². The van der Waals surface area contributed by atoms with Crippen LogP contribution in [0, 0.1) is 13.8 Å². The third kappa shape index (κ3) is 5.16. The predicted molar refractivity (Wildman–Crippen MR) is 97.5 cm³/mol. The first-order valence-electron chi connectivity index (χ1n) is 8.42. The van der Waals surface area contributed by atoms with Gasteiger partial charge in [0.25, 0.3) is 0 Å². The average Bonchev–Trinajstić information content (AvgIpc) is 2.97. The van der Waals surface area contributed by atoms with Crippen LogP contribution >= 0.6 is 0 Å². The van der Waals surface area contributed by atoms with Crippen LogP contribution in [-0.4, -0.2) is 31.9 Å². The number of furan rings is 1. The Hall–Kier alpha value is -2.67. The second-order valence-corrected chi connectivity index (χ2v) is 5.97. The van der Waals surface area contributed by atoms with Gasteiger partial charge in [0.2, 0.25) is 0 Å². The van der Waals surface area contributed by atoms with Gasteiger partial charge in [0.1, 0.15) is 11.5 Å². The highest BCUT2D eigenvalue weighted by molar-refractivity contribution is 5.73. The fourth-order valence-corrected chi connectivity index (χ4v) is 2.69. The van der Waals surface area contributed by atoms with Crippen molar-refractivity contribution in [3.05, 3.63) is 46.9 Å². The molecule has 26 heavy (non-hydrogen) atoms. The normalized spacial score (nSPS) is 11.7. The second kappa shape index (κ2) is 9.15. The van der Waals surface area contributed by atoms with E-state index in [1.165, 1.54) is 0 Å². The molecule has 0 aliphatic heterocycles. The Balaban J connectivity index is 1.76. The maximum Gasteiger partial charge on any atom is 0.315 e. The summed E-state index contributed by atoms with van der Waals surface area (Å²) in [5, 5.41) is 15.7. The van der Waals surface area contributed by atoms with E-state index in [1.807, 2.05) is 32.0 Å². The lowest BCUT2D eigenvalue weighted by atomic mass is 10.1. The highest BCUT2D eigenvalue weighted by Gasteiger charge is 2.14. The molecule has 0 aliphatic carbocycles. The van der Waals surface area contributed by atoms with E-state index in [0.717, 1.165) is 16.9 Å². The number of rotatable bonds is 8. The Bertz CT molecular complexity index is 742. The number of urea groups is 1. The number of amides is 2. The molecule has 0 saturated carbocycles. The van der Waals surface area contributed by atoms with Crippen molar-refractivity contribution in [1.82, 2.24) is 10.6 Å². The lowest BCUT2D eigenvalue weighted by Gasteiger charge is -2.12. The highest BCUT2D eigenvalue weighted by Crippen LogP contribution is 2.27. The number of hydrogen-bond donors (Lipinski definition) is 3. The molecule has 0 fully saturated rings. The van der Waals surface area contributed by atoms with E-state index in [4.69, 9.17) is 13.9 Å². The Morgan fingerprint density at radius 1 is 1.15 bits per heavy atom. The van der Waals surface area contributed by atoms with Crippen molar-refractivity contribution in [2.45, 2.75) is 32.9 Å². The smallest absolute Gasteiger partial charge is 0.315 e. The van der Waals surface area contributed by atoms with E-state index >= 15 is 0 Å². The van der Waals surface area contributed by atoms with Crippen molar-refractivity contribution in [2.75, 3.05) is 20.8 Å². The summed E-state index contributed by atoms with van der Waals surface area (Å²) in [4.78, 5) is 11.9. The lowest BCUT2D eigenvalue weighted by molar-refractivity contribution is 0.165. The van der Waals surface area contributed by atoms with Crippen LogP contribution in [0.2, 0.25) is 0 Å². The molecule has 0 spiro atoms. The summed E-state index contributed by atoms with van der Waals surface area (Å²) in [6.45, 7) is 4.36. The van der Waals surface area contributed by atoms with Gasteiger partial charge < -0.3 is 29.6 Å². The van der Waals surface area contributed by atoms with Crippen molar-refractivity contribution in [1.29, 1.82) is 0 Å². The fraction of sp³-hybridized carbons (Fsp3) is 0.421. The number of nitrogens with one attached hydrogen (secondary N) is 2. The van der Waals surface area contributed by atoms with E-state index in [2.05, 4.69) is 10.6 Å². The molecule has 0 bridgehead atoms. The standard InChI is InChI=1S/C19H26N2O5/c1-12-9-15(13(2)26-12)16(22)7-8-20-19(23)21-11-14-5-6-17(24-3)18(10-14)25-4/h5-6,9-10,16,22H,7-8,11H2,1-4H3,(H2,20,21,23). The molecule has 0 radical (unpaired) electrons. The number of carbonyl (C=O) groups is 1. The topological polar surface area (TPSA) is 93.0 Å². The van der Waals surface area contributed by atoms with Gasteiger partial charge in [0.05, 0.1) is 20.3 Å². The molecule has 1 aromatic carbocycles. The van der Waals surface area contributed by atoms with Crippen LogP contribution < -0.4 is 20.1 Å². The molecule has 1 atom stereocenters. The maximum absolute atomic E-state index is 11.9. The molecule has 7 heteroatoms. The minimum Gasteiger partial charge on any atom is -0.493 e. The van der Waals surface area contributed by atoms with Crippen molar-refractivity contribution < 1.29 is 23.8 Å². The molecule has 2 rings (SSSR count). The van der Waals surface area contributed by atoms with Crippen LogP contribution in [0.5, 0.6) is 11.5 Å². The molecule has 1 heterocycles. The highest BCUT2D eigenvalue weighted by atomic mass is 16.5. The third-order valence-corrected chi connectivity index (χ3v) is 4.04. The van der Waals surface area contributed by atoms with E-state index < -0.39 is 6.10 Å². The van der Waals surface area contributed by atoms with Gasteiger partial charge in [-0.1, -0.05) is 6.07 Å². The zero-order valence-electron chi connectivity index (χ0n) is 15.6. The molecular formula is C19H26N2O5. The summed E-state index contributed by atoms with van der Waals surface area (Å²) >= 11 is 0. The Kier molecular flexibility index (Phi) is 6.91. The van der Waals surface area contributed by atoms with Crippen molar-refractivity contribution in [3.63, 3.8) is 0 Å². The van der Waals surface area contributed by atoms with Gasteiger partial charge in [-0.05, 0) is 44.0 Å². The molecular weight excluding hydrogens is 336 g/mol. The third-order valence-electron chi connectivity index (χ3n) is 4.04. The molecule has 1 unspecified atom stereocenters. The van der Waals surface area contributed by atoms with Crippen molar-refractivity contribution in [2.24, 2.45) is 0 Å². The Labute approximate surface area is 153 Å². The molecule has 2 aromatic rings. The average molecular weight is 362 g/mol. The van der Waals surface area contributed by atoms with E-state index in [-0.39, 0.29) is 6.03 Å². The first kappa shape index (κ1) is 19.7. The van der Waals surface area contributed by atoms with Crippen molar-refractivity contribution >= 4 is 6.03 Å². The summed E-state index contributed by atoms with van der Waals surface area (Å²) in [6.07, 6.45) is -0.262. The number of aliphatic hydroxyl groups is 1. The molecule has 1 aromatic heterocycles. The summed E-state index contributed by atoms with van der Waals surface area (Å²) in [7, 11) is 3.14. The van der Waals surface area contributed by atoms with Gasteiger partial charge in [0, 0.05) is 18.7 Å². The van der Waals surface area contributed by atoms with Crippen LogP contribution in [0.1, 0.15) is 35.2 Å². The lowest BCUT2D eigenvalue weighted by Crippen LogP contribution is -2.36. The summed E-state index contributed by atoms with van der Waals surface area (Å²) < 4.78 is 15.8. The SMILES string of the molecule is COc1ccc(CNC(=O)NCCC(O)c2cc(C)oc2C)cc1OC. The van der Waals surface area contributed by atoms with Crippen LogP contribution in [-0.2, 0) is 6.54 Å². The first-order valence-corrected chi connectivity index (χ1v) is 8.42. The number of aryl methyl sites for hydroxylation is 2. The van der Waals surface area contributed by atoms with E-state index in [1.54, 1.807) is 20.3 Å². The zero-order valence-corrected chi connectivity index (χ0v) is 15.6. The second-order valence-electron chi connectivity index (χ2n) is 5.97. The zero-order chi connectivity index (χ0) is 19.1. The number of methoxy groups -OCH3 is 2. The van der Waals surface area contributed by atoms with E-state index in [0.29, 0.717) is 36.8 Å². The Morgan fingerprint density at radius 3 is 2.50 bits per heavy atom. The monoisotopic (exact) mass is 362 g/mol. The Morgan fingerprint density at radius 2 is 1.88 bits per heavy atom. The minimum atomic E-state index is -0.668. The molecule has 0 aliphatic rings. The predicted octanol–water partition coefficient (Wildman–Crippen LogP) is 2.84. The molecule has 7 nitrogen and oxygen atoms in total. The number of benzene rings is 1.